The zero-order chi connectivity index (χ0) is 17.4. The normalized spacial score (nSPS) is 13.2. The van der Waals surface area contributed by atoms with Crippen molar-refractivity contribution in [2.24, 2.45) is 0 Å². The molecule has 3 aromatic rings. The van der Waals surface area contributed by atoms with E-state index in [0.29, 0.717) is 29.1 Å². The van der Waals surface area contributed by atoms with Crippen molar-refractivity contribution in [1.82, 2.24) is 5.32 Å². The molecule has 0 saturated heterocycles. The number of fused-ring (bicyclic) bond motifs is 2. The number of para-hydroxylation sites is 1. The summed E-state index contributed by atoms with van der Waals surface area (Å²) in [5.74, 6) is 0.254. The van der Waals surface area contributed by atoms with Crippen LogP contribution < -0.4 is 15.4 Å². The molecule has 1 aliphatic heterocycles. The third-order valence-electron chi connectivity index (χ3n) is 4.24. The van der Waals surface area contributed by atoms with Crippen LogP contribution in [0.3, 0.4) is 0 Å². The summed E-state index contributed by atoms with van der Waals surface area (Å²) in [6.45, 7) is 0.637. The Balaban J connectivity index is 1.62. The first-order valence-electron chi connectivity index (χ1n) is 7.95. The summed E-state index contributed by atoms with van der Waals surface area (Å²) >= 11 is 0. The molecule has 4 rings (SSSR count). The van der Waals surface area contributed by atoms with Crippen molar-refractivity contribution in [1.29, 1.82) is 0 Å². The first kappa shape index (κ1) is 15.3. The Morgan fingerprint density at radius 2 is 2.12 bits per heavy atom. The molecule has 0 unspecified atom stereocenters. The number of benzene rings is 2. The largest absolute Gasteiger partial charge is 0.493 e. The summed E-state index contributed by atoms with van der Waals surface area (Å²) in [5.41, 5.74) is 2.65. The molecule has 0 bridgehead atoms. The Bertz CT molecular complexity index is 990. The van der Waals surface area contributed by atoms with Crippen molar-refractivity contribution >= 4 is 28.5 Å². The average Bonchev–Trinajstić information content (AvgIpc) is 3.07. The van der Waals surface area contributed by atoms with Gasteiger partial charge in [-0.05, 0) is 36.2 Å². The molecule has 2 heterocycles. The first-order chi connectivity index (χ1) is 12.2. The molecule has 0 fully saturated rings. The van der Waals surface area contributed by atoms with E-state index in [1.54, 1.807) is 31.4 Å². The number of methoxy groups -OCH3 is 1. The fourth-order valence-electron chi connectivity index (χ4n) is 2.99. The summed E-state index contributed by atoms with van der Waals surface area (Å²) in [7, 11) is 1.55. The standard InChI is InChI=1S/C19H16N2O4/c1-24-15-4-2-3-12-9-16(25-17(12)15)19(23)21-13-6-5-11-7-8-20-18(22)14(11)10-13/h2-6,9-10H,7-8H2,1H3,(H,20,22)(H,21,23). The maximum atomic E-state index is 12.5. The van der Waals surface area contributed by atoms with Gasteiger partial charge in [-0.3, -0.25) is 9.59 Å². The van der Waals surface area contributed by atoms with Crippen LogP contribution >= 0.6 is 0 Å². The van der Waals surface area contributed by atoms with Crippen LogP contribution in [0.15, 0.2) is 46.9 Å². The second-order valence-corrected chi connectivity index (χ2v) is 5.82. The molecular formula is C19H16N2O4. The topological polar surface area (TPSA) is 80.6 Å². The van der Waals surface area contributed by atoms with Gasteiger partial charge in [0, 0.05) is 23.2 Å². The predicted molar refractivity (Wildman–Crippen MR) is 93.2 cm³/mol. The maximum Gasteiger partial charge on any atom is 0.291 e. The Morgan fingerprint density at radius 3 is 2.96 bits per heavy atom. The molecule has 0 atom stereocenters. The van der Waals surface area contributed by atoms with E-state index in [0.717, 1.165) is 17.4 Å². The number of carbonyl (C=O) groups excluding carboxylic acids is 2. The fraction of sp³-hybridized carbons (Fsp3) is 0.158. The summed E-state index contributed by atoms with van der Waals surface area (Å²) in [6.07, 6.45) is 0.790. The van der Waals surface area contributed by atoms with Crippen molar-refractivity contribution in [2.75, 3.05) is 19.0 Å². The molecule has 1 aliphatic rings. The molecule has 2 aromatic carbocycles. The van der Waals surface area contributed by atoms with E-state index in [1.807, 2.05) is 18.2 Å². The van der Waals surface area contributed by atoms with Crippen molar-refractivity contribution in [2.45, 2.75) is 6.42 Å². The van der Waals surface area contributed by atoms with Gasteiger partial charge in [-0.15, -0.1) is 0 Å². The van der Waals surface area contributed by atoms with Gasteiger partial charge >= 0.3 is 0 Å². The lowest BCUT2D eigenvalue weighted by atomic mass is 10.00. The summed E-state index contributed by atoms with van der Waals surface area (Å²) in [5, 5.41) is 6.36. The number of nitrogens with one attached hydrogen (secondary N) is 2. The van der Waals surface area contributed by atoms with E-state index >= 15 is 0 Å². The van der Waals surface area contributed by atoms with Gasteiger partial charge in [-0.25, -0.2) is 0 Å². The zero-order valence-electron chi connectivity index (χ0n) is 13.6. The third-order valence-corrected chi connectivity index (χ3v) is 4.24. The SMILES string of the molecule is COc1cccc2cc(C(=O)Nc3ccc4c(c3)C(=O)NCC4)oc12. The van der Waals surface area contributed by atoms with Crippen LogP contribution in [0.1, 0.15) is 26.5 Å². The molecule has 6 nitrogen and oxygen atoms in total. The van der Waals surface area contributed by atoms with Gasteiger partial charge in [-0.2, -0.15) is 0 Å². The van der Waals surface area contributed by atoms with Gasteiger partial charge < -0.3 is 19.8 Å². The van der Waals surface area contributed by atoms with Crippen molar-refractivity contribution in [3.05, 3.63) is 59.4 Å². The number of rotatable bonds is 3. The van der Waals surface area contributed by atoms with Crippen LogP contribution in [0.2, 0.25) is 0 Å². The van der Waals surface area contributed by atoms with E-state index in [1.165, 1.54) is 0 Å². The highest BCUT2D eigenvalue weighted by molar-refractivity contribution is 6.06. The lowest BCUT2D eigenvalue weighted by molar-refractivity contribution is 0.0944. The molecule has 0 spiro atoms. The predicted octanol–water partition coefficient (Wildman–Crippen LogP) is 2.98. The molecule has 126 valence electrons. The Kier molecular flexibility index (Phi) is 3.65. The minimum atomic E-state index is -0.380. The van der Waals surface area contributed by atoms with E-state index < -0.39 is 0 Å². The quantitative estimate of drug-likeness (QED) is 0.770. The van der Waals surface area contributed by atoms with Gasteiger partial charge in [0.2, 0.25) is 0 Å². The van der Waals surface area contributed by atoms with Crippen molar-refractivity contribution < 1.29 is 18.7 Å². The molecule has 2 N–H and O–H groups in total. The zero-order valence-corrected chi connectivity index (χ0v) is 13.6. The molecule has 25 heavy (non-hydrogen) atoms. The van der Waals surface area contributed by atoms with Gasteiger partial charge in [0.05, 0.1) is 7.11 Å². The van der Waals surface area contributed by atoms with E-state index in [9.17, 15) is 9.59 Å². The van der Waals surface area contributed by atoms with Crippen molar-refractivity contribution in [3.63, 3.8) is 0 Å². The van der Waals surface area contributed by atoms with Gasteiger partial charge in [-0.1, -0.05) is 18.2 Å². The average molecular weight is 336 g/mol. The van der Waals surface area contributed by atoms with Gasteiger partial charge in [0.1, 0.15) is 0 Å². The minimum absolute atomic E-state index is 0.120. The highest BCUT2D eigenvalue weighted by Crippen LogP contribution is 2.29. The number of furan rings is 1. The highest BCUT2D eigenvalue weighted by Gasteiger charge is 2.19. The molecular weight excluding hydrogens is 320 g/mol. The van der Waals surface area contributed by atoms with E-state index in [4.69, 9.17) is 9.15 Å². The van der Waals surface area contributed by atoms with Crippen LogP contribution in [0.5, 0.6) is 5.75 Å². The molecule has 0 saturated carbocycles. The van der Waals surface area contributed by atoms with Crippen LogP contribution in [0, 0.1) is 0 Å². The number of anilines is 1. The number of carbonyl (C=O) groups is 2. The number of ether oxygens (including phenoxy) is 1. The van der Waals surface area contributed by atoms with Crippen LogP contribution in [-0.2, 0) is 6.42 Å². The fourth-order valence-corrected chi connectivity index (χ4v) is 2.99. The van der Waals surface area contributed by atoms with Crippen LogP contribution in [0.4, 0.5) is 5.69 Å². The van der Waals surface area contributed by atoms with E-state index in [2.05, 4.69) is 10.6 Å². The van der Waals surface area contributed by atoms with Crippen LogP contribution in [0.25, 0.3) is 11.0 Å². The number of hydrogen-bond acceptors (Lipinski definition) is 4. The Morgan fingerprint density at radius 1 is 1.24 bits per heavy atom. The number of amides is 2. The maximum absolute atomic E-state index is 12.5. The third kappa shape index (κ3) is 2.71. The highest BCUT2D eigenvalue weighted by atomic mass is 16.5. The smallest absolute Gasteiger partial charge is 0.291 e. The van der Waals surface area contributed by atoms with Crippen molar-refractivity contribution in [3.8, 4) is 5.75 Å². The second-order valence-electron chi connectivity index (χ2n) is 5.82. The number of hydrogen-bond donors (Lipinski definition) is 2. The molecule has 0 radical (unpaired) electrons. The summed E-state index contributed by atoms with van der Waals surface area (Å²) < 4.78 is 10.9. The van der Waals surface area contributed by atoms with Gasteiger partial charge in [0.15, 0.2) is 17.1 Å². The summed E-state index contributed by atoms with van der Waals surface area (Å²) in [6, 6.07) is 12.5. The van der Waals surface area contributed by atoms with Crippen LogP contribution in [-0.4, -0.2) is 25.5 Å². The molecule has 0 aliphatic carbocycles. The lowest BCUT2D eigenvalue weighted by Gasteiger charge is -2.17. The minimum Gasteiger partial charge on any atom is -0.493 e. The molecule has 6 heteroatoms. The lowest BCUT2D eigenvalue weighted by Crippen LogP contribution is -2.31. The Hall–Kier alpha value is -3.28. The molecule has 1 aromatic heterocycles. The first-order valence-corrected chi connectivity index (χ1v) is 7.95. The summed E-state index contributed by atoms with van der Waals surface area (Å²) in [4.78, 5) is 24.4. The van der Waals surface area contributed by atoms with Gasteiger partial charge in [0.25, 0.3) is 11.8 Å². The molecule has 2 amide bonds. The second kappa shape index (κ2) is 5.98. The monoisotopic (exact) mass is 336 g/mol. The Labute approximate surface area is 143 Å². The van der Waals surface area contributed by atoms with E-state index in [-0.39, 0.29) is 17.6 Å².